The first kappa shape index (κ1) is 29.8. The number of nitrogens with zero attached hydrogens (tertiary/aromatic N) is 4. The van der Waals surface area contributed by atoms with E-state index in [1.807, 2.05) is 19.9 Å². The van der Waals surface area contributed by atoms with E-state index in [1.165, 1.54) is 23.1 Å². The first-order chi connectivity index (χ1) is 20.6. The number of piperidine rings is 1. The lowest BCUT2D eigenvalue weighted by Crippen LogP contribution is -2.39. The predicted molar refractivity (Wildman–Crippen MR) is 170 cm³/mol. The second kappa shape index (κ2) is 12.0. The van der Waals surface area contributed by atoms with Crippen LogP contribution in [0.3, 0.4) is 0 Å². The highest BCUT2D eigenvalue weighted by atomic mass is 19.1. The first-order valence-electron chi connectivity index (χ1n) is 15.9. The van der Waals surface area contributed by atoms with Crippen LogP contribution in [0.5, 0.6) is 0 Å². The fourth-order valence-electron chi connectivity index (χ4n) is 6.98. The van der Waals surface area contributed by atoms with Crippen molar-refractivity contribution in [3.8, 4) is 11.1 Å². The summed E-state index contributed by atoms with van der Waals surface area (Å²) >= 11 is 0. The minimum Gasteiger partial charge on any atom is -0.481 e. The number of pyridine rings is 1. The number of benzene rings is 2. The van der Waals surface area contributed by atoms with E-state index in [0.717, 1.165) is 111 Å². The van der Waals surface area contributed by atoms with Gasteiger partial charge in [-0.2, -0.15) is 0 Å². The molecule has 6 nitrogen and oxygen atoms in total. The highest BCUT2D eigenvalue weighted by molar-refractivity contribution is 5.87. The van der Waals surface area contributed by atoms with E-state index < -0.39 is 5.97 Å². The van der Waals surface area contributed by atoms with Crippen LogP contribution in [0, 0.1) is 25.1 Å². The lowest BCUT2D eigenvalue weighted by molar-refractivity contribution is -0.136. The van der Waals surface area contributed by atoms with Crippen molar-refractivity contribution in [3.05, 3.63) is 81.4 Å². The zero-order valence-electron chi connectivity index (χ0n) is 26.2. The number of likely N-dealkylation sites (tertiary alicyclic amines) is 1. The molecular weight excluding hydrogens is 539 g/mol. The number of carboxylic acids is 1. The fraction of sp³-hybridized carbons (Fsp3) is 0.500. The average molecular weight is 585 g/mol. The Morgan fingerprint density at radius 1 is 0.953 bits per heavy atom. The first-order valence-corrected chi connectivity index (χ1v) is 15.9. The summed E-state index contributed by atoms with van der Waals surface area (Å²) in [4.78, 5) is 24.6. The Labute approximate surface area is 255 Å². The number of hydrogen-bond donors (Lipinski definition) is 1. The van der Waals surface area contributed by atoms with Crippen molar-refractivity contribution in [1.29, 1.82) is 0 Å². The van der Waals surface area contributed by atoms with Gasteiger partial charge in [-0.1, -0.05) is 38.1 Å². The molecule has 3 aliphatic rings. The molecule has 3 aromatic rings. The number of carbonyl (C=O) groups is 1. The Balaban J connectivity index is 1.38. The minimum absolute atomic E-state index is 0.0201. The van der Waals surface area contributed by atoms with Gasteiger partial charge >= 0.3 is 5.97 Å². The molecular formula is C36H45FN4O2. The molecule has 2 saturated heterocycles. The molecule has 2 aromatic carbocycles. The largest absolute Gasteiger partial charge is 0.481 e. The van der Waals surface area contributed by atoms with Gasteiger partial charge in [0.25, 0.3) is 0 Å². The van der Waals surface area contributed by atoms with Gasteiger partial charge in [-0.25, -0.2) is 4.39 Å². The number of aryl methyl sites for hydroxylation is 2. The number of anilines is 1. The molecule has 0 bridgehead atoms. The van der Waals surface area contributed by atoms with Gasteiger partial charge in [-0.05, 0) is 98.0 Å². The van der Waals surface area contributed by atoms with E-state index >= 15 is 0 Å². The third-order valence-corrected chi connectivity index (χ3v) is 9.92. The number of aromatic nitrogens is 1. The number of aliphatic carboxylic acids is 1. The van der Waals surface area contributed by atoms with Gasteiger partial charge in [-0.15, -0.1) is 0 Å². The van der Waals surface area contributed by atoms with Crippen LogP contribution < -0.4 is 4.90 Å². The summed E-state index contributed by atoms with van der Waals surface area (Å²) in [7, 11) is 0. The summed E-state index contributed by atoms with van der Waals surface area (Å²) in [6, 6.07) is 11.9. The van der Waals surface area contributed by atoms with Crippen LogP contribution in [-0.4, -0.2) is 58.6 Å². The van der Waals surface area contributed by atoms with Crippen LogP contribution in [0.15, 0.2) is 36.4 Å². The number of hydrogen-bond acceptors (Lipinski definition) is 5. The monoisotopic (exact) mass is 584 g/mol. The number of halogens is 1. The van der Waals surface area contributed by atoms with Gasteiger partial charge in [0.15, 0.2) is 0 Å². The highest BCUT2D eigenvalue weighted by Gasteiger charge is 2.32. The van der Waals surface area contributed by atoms with E-state index in [1.54, 1.807) is 12.1 Å². The molecule has 43 heavy (non-hydrogen) atoms. The van der Waals surface area contributed by atoms with E-state index in [4.69, 9.17) is 4.98 Å². The van der Waals surface area contributed by atoms with Crippen molar-refractivity contribution in [2.45, 2.75) is 79.4 Å². The maximum atomic E-state index is 13.7. The molecule has 0 aliphatic carbocycles. The van der Waals surface area contributed by atoms with Crippen molar-refractivity contribution in [2.24, 2.45) is 5.41 Å². The zero-order chi connectivity index (χ0) is 30.3. The number of carboxylic acid groups (broad SMARTS) is 1. The van der Waals surface area contributed by atoms with Crippen LogP contribution in [0.2, 0.25) is 0 Å². The fourth-order valence-corrected chi connectivity index (χ4v) is 6.98. The second-order valence-corrected chi connectivity index (χ2v) is 13.7. The van der Waals surface area contributed by atoms with Gasteiger partial charge in [0.05, 0.1) is 17.8 Å². The summed E-state index contributed by atoms with van der Waals surface area (Å²) in [6.45, 7) is 16.0. The molecule has 4 heterocycles. The average Bonchev–Trinajstić information content (AvgIpc) is 2.93. The van der Waals surface area contributed by atoms with E-state index in [0.29, 0.717) is 0 Å². The van der Waals surface area contributed by atoms with Crippen LogP contribution in [-0.2, 0) is 37.3 Å². The van der Waals surface area contributed by atoms with Crippen molar-refractivity contribution >= 4 is 11.7 Å². The lowest BCUT2D eigenvalue weighted by atomic mass is 9.81. The number of fused-ring (bicyclic) bond motifs is 1. The maximum Gasteiger partial charge on any atom is 0.307 e. The molecule has 0 radical (unpaired) electrons. The standard InChI is InChI=1S/C36H45FN4O2/c1-24-18-30(37)9-8-28(24)21-40-15-10-26-19-27(6-7-29(26)22-40)34-32(23-39-13-5-14-39)38-25(2)31(20-33(42)43)35(34)41-16-11-36(3,4)12-17-41/h6-9,18-19H,5,10-17,20-23H2,1-4H3,(H,42,43). The zero-order valence-corrected chi connectivity index (χ0v) is 26.2. The van der Waals surface area contributed by atoms with Gasteiger partial charge in [0, 0.05) is 56.1 Å². The van der Waals surface area contributed by atoms with E-state index in [-0.39, 0.29) is 17.7 Å². The van der Waals surface area contributed by atoms with Gasteiger partial charge < -0.3 is 10.0 Å². The molecule has 0 unspecified atom stereocenters. The Morgan fingerprint density at radius 2 is 1.72 bits per heavy atom. The summed E-state index contributed by atoms with van der Waals surface area (Å²) in [5.41, 5.74) is 11.3. The van der Waals surface area contributed by atoms with Crippen molar-refractivity contribution < 1.29 is 14.3 Å². The van der Waals surface area contributed by atoms with Crippen molar-refractivity contribution in [2.75, 3.05) is 37.6 Å². The molecule has 1 N–H and O–H groups in total. The van der Waals surface area contributed by atoms with E-state index in [9.17, 15) is 14.3 Å². The third-order valence-electron chi connectivity index (χ3n) is 9.92. The molecule has 0 amide bonds. The number of rotatable bonds is 8. The highest BCUT2D eigenvalue weighted by Crippen LogP contribution is 2.43. The SMILES string of the molecule is Cc1cc(F)ccc1CN1CCc2cc(-c3c(CN4CCC4)nc(C)c(CC(=O)O)c3N3CCC(C)(C)CC3)ccc2C1. The van der Waals surface area contributed by atoms with Gasteiger partial charge in [0.2, 0.25) is 0 Å². The molecule has 7 heteroatoms. The molecule has 0 atom stereocenters. The van der Waals surface area contributed by atoms with Crippen LogP contribution in [0.4, 0.5) is 10.1 Å². The second-order valence-electron chi connectivity index (χ2n) is 13.7. The van der Waals surface area contributed by atoms with Gasteiger partial charge in [-0.3, -0.25) is 19.6 Å². The maximum absolute atomic E-state index is 13.7. The molecule has 1 aromatic heterocycles. The summed E-state index contributed by atoms with van der Waals surface area (Å²) in [6.07, 6.45) is 4.30. The van der Waals surface area contributed by atoms with Crippen LogP contribution in [0.1, 0.15) is 72.3 Å². The Hall–Kier alpha value is -3.29. The third kappa shape index (κ3) is 6.48. The topological polar surface area (TPSA) is 59.9 Å². The smallest absolute Gasteiger partial charge is 0.307 e. The normalized spacial score (nSPS) is 18.8. The summed E-state index contributed by atoms with van der Waals surface area (Å²) in [5, 5.41) is 9.96. The quantitative estimate of drug-likeness (QED) is 0.325. The van der Waals surface area contributed by atoms with Crippen molar-refractivity contribution in [3.63, 3.8) is 0 Å². The molecule has 3 aliphatic heterocycles. The van der Waals surface area contributed by atoms with Crippen LogP contribution in [0.25, 0.3) is 11.1 Å². The molecule has 2 fully saturated rings. The molecule has 0 spiro atoms. The Bertz CT molecular complexity index is 1520. The molecule has 6 rings (SSSR count). The molecule has 0 saturated carbocycles. The van der Waals surface area contributed by atoms with Crippen molar-refractivity contribution in [1.82, 2.24) is 14.8 Å². The Kier molecular flexibility index (Phi) is 8.31. The molecule has 228 valence electrons. The lowest BCUT2D eigenvalue weighted by Gasteiger charge is -2.41. The van der Waals surface area contributed by atoms with Gasteiger partial charge in [0.1, 0.15) is 5.82 Å². The van der Waals surface area contributed by atoms with E-state index in [2.05, 4.69) is 46.7 Å². The summed E-state index contributed by atoms with van der Waals surface area (Å²) < 4.78 is 13.7. The summed E-state index contributed by atoms with van der Waals surface area (Å²) in [5.74, 6) is -0.997. The predicted octanol–water partition coefficient (Wildman–Crippen LogP) is 6.52. The minimum atomic E-state index is -0.813. The Morgan fingerprint density at radius 3 is 2.40 bits per heavy atom. The van der Waals surface area contributed by atoms with Crippen LogP contribution >= 0.6 is 0 Å².